The Balaban J connectivity index is 1.23. The fourth-order valence-corrected chi connectivity index (χ4v) is 13.2. The van der Waals surface area contributed by atoms with E-state index in [-0.39, 0.29) is 84.5 Å². The van der Waals surface area contributed by atoms with E-state index in [1.165, 1.54) is 0 Å². The largest absolute Gasteiger partial charge is 0.461 e. The molecule has 268 valence electrons. The predicted molar refractivity (Wildman–Crippen MR) is 174 cm³/mol. The van der Waals surface area contributed by atoms with Crippen LogP contribution in [0.15, 0.2) is 24.3 Å². The van der Waals surface area contributed by atoms with Crippen molar-refractivity contribution in [2.24, 2.45) is 40.4 Å². The van der Waals surface area contributed by atoms with Gasteiger partial charge in [-0.25, -0.2) is 9.69 Å². The Labute approximate surface area is 287 Å². The van der Waals surface area contributed by atoms with Gasteiger partial charge in [-0.1, -0.05) is 26.0 Å². The SMILES string of the molecule is CCN1C[C@@]2(COC(=O)c3ccccc3N3C(=O)C[C@H](C)C3=O)CC[C@H](OC)[C@]34C2C(OC)[C@](O)([C@@H]13)[C@@]1(O)C[C@H](OC)[C@H]2C[C@@H]4[C@@H]1[C@H]2OC. The van der Waals surface area contributed by atoms with Gasteiger partial charge in [-0.3, -0.25) is 14.5 Å². The number of likely N-dealkylation sites (tertiary alicyclic amines) is 1. The number of methoxy groups -OCH3 is 4. The second kappa shape index (κ2) is 11.3. The number of carbonyl (C=O) groups is 3. The molecule has 7 fully saturated rings. The molecule has 1 spiro atoms. The molecule has 49 heavy (non-hydrogen) atoms. The van der Waals surface area contributed by atoms with Gasteiger partial charge < -0.3 is 33.9 Å². The molecule has 1 aromatic rings. The highest BCUT2D eigenvalue weighted by atomic mass is 16.5. The minimum atomic E-state index is -1.70. The van der Waals surface area contributed by atoms with E-state index >= 15 is 0 Å². The summed E-state index contributed by atoms with van der Waals surface area (Å²) in [7, 11) is 6.70. The Morgan fingerprint density at radius 2 is 1.80 bits per heavy atom. The third-order valence-corrected chi connectivity index (χ3v) is 14.5. The number of ether oxygens (including phenoxy) is 5. The Morgan fingerprint density at radius 3 is 2.43 bits per heavy atom. The summed E-state index contributed by atoms with van der Waals surface area (Å²) in [6.45, 7) is 4.95. The van der Waals surface area contributed by atoms with Gasteiger partial charge >= 0.3 is 5.97 Å². The van der Waals surface area contributed by atoms with Crippen molar-refractivity contribution in [2.75, 3.05) is 53.0 Å². The predicted octanol–water partition coefficient (Wildman–Crippen LogP) is 2.04. The Bertz CT molecular complexity index is 1560. The third-order valence-electron chi connectivity index (χ3n) is 14.5. The summed E-state index contributed by atoms with van der Waals surface area (Å²) >= 11 is 0. The van der Waals surface area contributed by atoms with Crippen LogP contribution in [0.2, 0.25) is 0 Å². The molecule has 7 aliphatic rings. The molecule has 0 radical (unpaired) electrons. The number of fused-ring (bicyclic) bond motifs is 2. The summed E-state index contributed by atoms with van der Waals surface area (Å²) in [5, 5.41) is 26.6. The van der Waals surface area contributed by atoms with Crippen LogP contribution in [-0.2, 0) is 33.3 Å². The maximum absolute atomic E-state index is 14.1. The number of anilines is 1. The summed E-state index contributed by atoms with van der Waals surface area (Å²) in [4.78, 5) is 43.3. The number of piperidine rings is 1. The van der Waals surface area contributed by atoms with Crippen LogP contribution in [0.1, 0.15) is 56.3 Å². The van der Waals surface area contributed by atoms with Crippen LogP contribution in [-0.4, -0.2) is 123 Å². The molecule has 14 atom stereocenters. The van der Waals surface area contributed by atoms with Gasteiger partial charge in [-0.15, -0.1) is 0 Å². The molecular weight excluding hydrogens is 632 g/mol. The topological polar surface area (TPSA) is 144 Å². The standard InChI is InChI=1S/C37H50N2O10/c1-7-38-17-34(18-49-32(42)20-10-8-9-11-23(20)39-26(40)14-19(2)31(39)41)13-12-25(46-4)36-22-15-21-24(45-3)16-35(43,27(22)28(21)47-5)37(44,33(36)38)30(48-6)29(34)36/h8-11,19,21-22,24-25,27-30,33,43-44H,7,12-18H2,1-6H3/t19-,21+,22+,24-,25-,27+,28-,29?,30?,33-,34+,35+,36+,37-/m0/s1. The van der Waals surface area contributed by atoms with Gasteiger partial charge in [0.25, 0.3) is 0 Å². The highest BCUT2D eigenvalue weighted by molar-refractivity contribution is 6.22. The monoisotopic (exact) mass is 682 g/mol. The van der Waals surface area contributed by atoms with Crippen molar-refractivity contribution in [3.05, 3.63) is 29.8 Å². The summed E-state index contributed by atoms with van der Waals surface area (Å²) in [5.41, 5.74) is -4.17. The summed E-state index contributed by atoms with van der Waals surface area (Å²) in [5.74, 6) is -2.47. The molecule has 2 N–H and O–H groups in total. The molecular formula is C37H50N2O10. The molecule has 2 unspecified atom stereocenters. The molecule has 8 rings (SSSR count). The molecule has 2 aliphatic heterocycles. The van der Waals surface area contributed by atoms with Gasteiger partial charge in [-0.2, -0.15) is 0 Å². The van der Waals surface area contributed by atoms with Crippen molar-refractivity contribution in [1.29, 1.82) is 0 Å². The smallest absolute Gasteiger partial charge is 0.340 e. The molecule has 2 heterocycles. The first-order chi connectivity index (χ1) is 23.4. The maximum atomic E-state index is 14.1. The van der Waals surface area contributed by atoms with Crippen LogP contribution >= 0.6 is 0 Å². The van der Waals surface area contributed by atoms with Gasteiger partial charge in [0.1, 0.15) is 11.2 Å². The first-order valence-electron chi connectivity index (χ1n) is 17.9. The zero-order valence-corrected chi connectivity index (χ0v) is 29.3. The van der Waals surface area contributed by atoms with Crippen molar-refractivity contribution < 1.29 is 48.3 Å². The summed E-state index contributed by atoms with van der Waals surface area (Å²) in [6, 6.07) is 6.12. The number of imide groups is 1. The lowest BCUT2D eigenvalue weighted by Crippen LogP contribution is -2.82. The molecule has 0 aromatic heterocycles. The minimum absolute atomic E-state index is 0.0358. The highest BCUT2D eigenvalue weighted by Gasteiger charge is 2.91. The fraction of sp³-hybridized carbons (Fsp3) is 0.757. The number of para-hydroxylation sites is 1. The molecule has 5 aliphatic carbocycles. The van der Waals surface area contributed by atoms with Crippen LogP contribution in [0.25, 0.3) is 0 Å². The zero-order chi connectivity index (χ0) is 34.8. The van der Waals surface area contributed by atoms with Gasteiger partial charge in [0.05, 0.1) is 48.3 Å². The molecule has 7 bridgehead atoms. The van der Waals surface area contributed by atoms with Crippen molar-refractivity contribution in [2.45, 2.75) is 87.6 Å². The first-order valence-corrected chi connectivity index (χ1v) is 17.9. The van der Waals surface area contributed by atoms with Gasteiger partial charge in [0, 0.05) is 82.3 Å². The Morgan fingerprint density at radius 1 is 1.04 bits per heavy atom. The van der Waals surface area contributed by atoms with E-state index in [0.29, 0.717) is 25.9 Å². The number of aliphatic hydroxyl groups is 2. The number of amides is 2. The van der Waals surface area contributed by atoms with Crippen molar-refractivity contribution in [1.82, 2.24) is 4.90 Å². The molecule has 5 saturated carbocycles. The average molecular weight is 683 g/mol. The van der Waals surface area contributed by atoms with Crippen LogP contribution < -0.4 is 4.90 Å². The number of rotatable bonds is 9. The van der Waals surface area contributed by atoms with Crippen molar-refractivity contribution in [3.8, 4) is 0 Å². The molecule has 1 aromatic carbocycles. The highest BCUT2D eigenvalue weighted by Crippen LogP contribution is 2.80. The Hall–Kier alpha value is -2.45. The molecule has 12 nitrogen and oxygen atoms in total. The average Bonchev–Trinajstić information content (AvgIpc) is 3.63. The third kappa shape index (κ3) is 3.86. The van der Waals surface area contributed by atoms with Crippen LogP contribution in [0.3, 0.4) is 0 Å². The fourth-order valence-electron chi connectivity index (χ4n) is 13.2. The van der Waals surface area contributed by atoms with Gasteiger partial charge in [0.2, 0.25) is 11.8 Å². The van der Waals surface area contributed by atoms with E-state index in [1.807, 2.05) is 0 Å². The van der Waals surface area contributed by atoms with Gasteiger partial charge in [-0.05, 0) is 43.9 Å². The molecule has 2 amide bonds. The number of hydrogen-bond acceptors (Lipinski definition) is 11. The summed E-state index contributed by atoms with van der Waals surface area (Å²) in [6.07, 6.45) is 0.813. The number of hydrogen-bond donors (Lipinski definition) is 2. The van der Waals surface area contributed by atoms with E-state index in [1.54, 1.807) is 59.6 Å². The lowest BCUT2D eigenvalue weighted by atomic mass is 9.42. The van der Waals surface area contributed by atoms with E-state index in [4.69, 9.17) is 23.7 Å². The second-order valence-electron chi connectivity index (χ2n) is 16.0. The van der Waals surface area contributed by atoms with E-state index in [2.05, 4.69) is 11.8 Å². The van der Waals surface area contributed by atoms with E-state index in [0.717, 1.165) is 11.3 Å². The number of esters is 1. The number of benzene rings is 1. The summed E-state index contributed by atoms with van der Waals surface area (Å²) < 4.78 is 31.4. The van der Waals surface area contributed by atoms with Crippen molar-refractivity contribution >= 4 is 23.5 Å². The van der Waals surface area contributed by atoms with Gasteiger partial charge in [0.15, 0.2) is 0 Å². The molecule has 2 saturated heterocycles. The van der Waals surface area contributed by atoms with Crippen LogP contribution in [0, 0.1) is 40.4 Å². The number of likely N-dealkylation sites (N-methyl/N-ethyl adjacent to an activating group) is 1. The minimum Gasteiger partial charge on any atom is -0.461 e. The first kappa shape index (κ1) is 33.7. The normalized spacial score (nSPS) is 48.0. The zero-order valence-electron chi connectivity index (χ0n) is 29.3. The van der Waals surface area contributed by atoms with Crippen molar-refractivity contribution in [3.63, 3.8) is 0 Å². The second-order valence-corrected chi connectivity index (χ2v) is 16.0. The Kier molecular flexibility index (Phi) is 7.75. The van der Waals surface area contributed by atoms with E-state index in [9.17, 15) is 24.6 Å². The molecule has 12 heteroatoms. The lowest BCUT2D eigenvalue weighted by Gasteiger charge is -2.70. The van der Waals surface area contributed by atoms with Crippen LogP contribution in [0.5, 0.6) is 0 Å². The lowest BCUT2D eigenvalue weighted by molar-refractivity contribution is -0.320. The number of nitrogens with zero attached hydrogens (tertiary/aromatic N) is 2. The van der Waals surface area contributed by atoms with Crippen LogP contribution in [0.4, 0.5) is 5.69 Å². The maximum Gasteiger partial charge on any atom is 0.340 e. The van der Waals surface area contributed by atoms with E-state index < -0.39 is 46.1 Å². The number of carbonyl (C=O) groups excluding carboxylic acids is 3. The quantitative estimate of drug-likeness (QED) is 0.292.